The summed E-state index contributed by atoms with van der Waals surface area (Å²) in [5, 5.41) is 0. The van der Waals surface area contributed by atoms with E-state index in [1.165, 1.54) is 0 Å². The molecule has 1 unspecified atom stereocenters. The van der Waals surface area contributed by atoms with Gasteiger partial charge < -0.3 is 14.2 Å². The van der Waals surface area contributed by atoms with Gasteiger partial charge in [0.25, 0.3) is 0 Å². The van der Waals surface area contributed by atoms with Crippen LogP contribution in [0, 0.1) is 0 Å². The molecule has 0 fully saturated rings. The van der Waals surface area contributed by atoms with Gasteiger partial charge in [0.2, 0.25) is 0 Å². The number of allylic oxidation sites excluding steroid dienone is 32. The quantitative estimate of drug-likeness (QED) is 0.0261. The summed E-state index contributed by atoms with van der Waals surface area (Å²) in [5.41, 5.74) is 0. The molecule has 6 nitrogen and oxygen atoms in total. The van der Waals surface area contributed by atoms with Crippen molar-refractivity contribution in [2.75, 3.05) is 13.2 Å². The molecule has 0 aliphatic carbocycles. The summed E-state index contributed by atoms with van der Waals surface area (Å²) < 4.78 is 16.9. The summed E-state index contributed by atoms with van der Waals surface area (Å²) >= 11 is 0. The van der Waals surface area contributed by atoms with Crippen molar-refractivity contribution in [1.29, 1.82) is 0 Å². The van der Waals surface area contributed by atoms with E-state index in [0.717, 1.165) is 193 Å². The van der Waals surface area contributed by atoms with E-state index in [9.17, 15) is 14.4 Å². The zero-order valence-corrected chi connectivity index (χ0v) is 51.5. The molecule has 0 aromatic rings. The predicted molar refractivity (Wildman–Crippen MR) is 352 cm³/mol. The molecule has 0 saturated heterocycles. The van der Waals surface area contributed by atoms with Gasteiger partial charge in [0.15, 0.2) is 6.10 Å². The molecule has 0 aromatic carbocycles. The predicted octanol–water partition coefficient (Wildman–Crippen LogP) is 22.2. The maximum Gasteiger partial charge on any atom is 0.306 e. The molecule has 81 heavy (non-hydrogen) atoms. The minimum Gasteiger partial charge on any atom is -0.462 e. The first-order chi connectivity index (χ1) is 40.0. The molecule has 0 N–H and O–H groups in total. The summed E-state index contributed by atoms with van der Waals surface area (Å²) in [4.78, 5) is 38.4. The normalized spacial score (nSPS) is 13.5. The first kappa shape index (κ1) is 75.2. The van der Waals surface area contributed by atoms with Gasteiger partial charge in [-0.25, -0.2) is 0 Å². The van der Waals surface area contributed by atoms with Gasteiger partial charge in [-0.1, -0.05) is 254 Å². The molecule has 0 saturated carbocycles. The molecule has 0 aliphatic heterocycles. The average Bonchev–Trinajstić information content (AvgIpc) is 3.47. The summed E-state index contributed by atoms with van der Waals surface area (Å²) in [6, 6.07) is 0. The second-order valence-electron chi connectivity index (χ2n) is 20.2. The fourth-order valence-corrected chi connectivity index (χ4v) is 7.91. The molecule has 0 amide bonds. The first-order valence-corrected chi connectivity index (χ1v) is 31.9. The van der Waals surface area contributed by atoms with Crippen LogP contribution in [0.4, 0.5) is 0 Å². The average molecular weight is 1110 g/mol. The van der Waals surface area contributed by atoms with Gasteiger partial charge in [0.1, 0.15) is 13.2 Å². The Hall–Kier alpha value is -5.75. The Morgan fingerprint density at radius 1 is 0.247 bits per heavy atom. The third kappa shape index (κ3) is 64.9. The minimum atomic E-state index is -0.829. The molecule has 0 bridgehead atoms. The smallest absolute Gasteiger partial charge is 0.306 e. The Morgan fingerprint density at radius 3 is 0.704 bits per heavy atom. The lowest BCUT2D eigenvalue weighted by Crippen LogP contribution is -2.30. The number of rotatable bonds is 55. The third-order valence-corrected chi connectivity index (χ3v) is 12.6. The molecule has 0 radical (unpaired) electrons. The Labute approximate surface area is 497 Å². The van der Waals surface area contributed by atoms with E-state index in [4.69, 9.17) is 14.2 Å². The zero-order valence-electron chi connectivity index (χ0n) is 51.5. The van der Waals surface area contributed by atoms with E-state index >= 15 is 0 Å². The highest BCUT2D eigenvalue weighted by molar-refractivity contribution is 5.71. The fourth-order valence-electron chi connectivity index (χ4n) is 7.91. The standard InChI is InChI=1S/C75H114O6/c1-4-7-10-13-16-19-22-25-28-31-33-34-35-36-37-38-39-40-42-44-47-50-53-56-59-62-65-68-74(77)80-71-72(70-79-73(76)67-64-61-58-55-52-49-46-43-30-27-24-21-18-15-12-9-6-3)81-75(78)69-66-63-60-57-54-51-48-45-41-32-29-26-23-20-17-14-11-8-5-2/h7-12,16-21,25-30,33-34,36-37,39-41,44-47,49,51,54,72H,4-6,13-15,22-24,31-32,35,38,42-43,48,50,52-53,55-71H2,1-3H3/b10-7-,11-8-,12-9-,19-16-,20-17-,21-18-,28-25-,29-26-,30-27-,34-33-,37-36-,40-39-,45-41-,47-44-,49-46-,54-51-. The highest BCUT2D eigenvalue weighted by Crippen LogP contribution is 2.13. The van der Waals surface area contributed by atoms with Crippen LogP contribution in [0.3, 0.4) is 0 Å². The lowest BCUT2D eigenvalue weighted by atomic mass is 10.1. The fraction of sp³-hybridized carbons (Fsp3) is 0.533. The van der Waals surface area contributed by atoms with Crippen molar-refractivity contribution in [3.63, 3.8) is 0 Å². The number of unbranched alkanes of at least 4 members (excludes halogenated alkanes) is 12. The summed E-state index contributed by atoms with van der Waals surface area (Å²) in [7, 11) is 0. The van der Waals surface area contributed by atoms with Crippen molar-refractivity contribution in [1.82, 2.24) is 0 Å². The largest absolute Gasteiger partial charge is 0.462 e. The van der Waals surface area contributed by atoms with Crippen LogP contribution in [0.5, 0.6) is 0 Å². The SMILES string of the molecule is CC/C=C\C/C=C\C/C=C\C/C=C\C/C=C\C/C=C\C/C=C\CCCCCCCC(=O)OCC(COC(=O)CCCCCC/C=C\C/C=C\C/C=C\C/C=C\CC)OC(=O)CCCCC/C=C\C/C=C\C/C=C\C/C=C\C/C=C\CC. The van der Waals surface area contributed by atoms with E-state index in [1.807, 2.05) is 0 Å². The van der Waals surface area contributed by atoms with Crippen LogP contribution in [-0.4, -0.2) is 37.2 Å². The first-order valence-electron chi connectivity index (χ1n) is 31.9. The monoisotopic (exact) mass is 1110 g/mol. The van der Waals surface area contributed by atoms with Crippen molar-refractivity contribution in [3.05, 3.63) is 194 Å². The van der Waals surface area contributed by atoms with E-state index in [0.29, 0.717) is 19.3 Å². The Kier molecular flexibility index (Phi) is 62.0. The van der Waals surface area contributed by atoms with Crippen LogP contribution in [0.25, 0.3) is 0 Å². The Morgan fingerprint density at radius 2 is 0.444 bits per heavy atom. The molecule has 0 aliphatic rings. The second-order valence-corrected chi connectivity index (χ2v) is 20.2. The van der Waals surface area contributed by atoms with Crippen molar-refractivity contribution in [2.45, 2.75) is 245 Å². The van der Waals surface area contributed by atoms with Gasteiger partial charge in [-0.2, -0.15) is 0 Å². The van der Waals surface area contributed by atoms with Crippen LogP contribution < -0.4 is 0 Å². The number of carbonyl (C=O) groups excluding carboxylic acids is 3. The van der Waals surface area contributed by atoms with E-state index in [2.05, 4.69) is 215 Å². The number of ether oxygens (including phenoxy) is 3. The Bertz CT molecular complexity index is 1950. The van der Waals surface area contributed by atoms with Crippen LogP contribution in [0.1, 0.15) is 239 Å². The Balaban J connectivity index is 4.54. The zero-order chi connectivity index (χ0) is 58.5. The summed E-state index contributed by atoms with van der Waals surface area (Å²) in [6.45, 7) is 6.22. The molecule has 450 valence electrons. The molecular formula is C75H114O6. The van der Waals surface area contributed by atoms with Gasteiger partial charge in [-0.05, 0) is 161 Å². The molecule has 0 heterocycles. The number of hydrogen-bond acceptors (Lipinski definition) is 6. The summed E-state index contributed by atoms with van der Waals surface area (Å²) in [5.74, 6) is -1.00. The van der Waals surface area contributed by atoms with E-state index < -0.39 is 6.10 Å². The van der Waals surface area contributed by atoms with Gasteiger partial charge in [0, 0.05) is 19.3 Å². The molecule has 0 aromatic heterocycles. The van der Waals surface area contributed by atoms with Gasteiger partial charge in [-0.15, -0.1) is 0 Å². The third-order valence-electron chi connectivity index (χ3n) is 12.6. The van der Waals surface area contributed by atoms with Crippen LogP contribution in [-0.2, 0) is 28.6 Å². The highest BCUT2D eigenvalue weighted by atomic mass is 16.6. The number of esters is 3. The molecule has 1 atom stereocenters. The second kappa shape index (κ2) is 66.8. The maximum absolute atomic E-state index is 12.9. The summed E-state index contributed by atoms with van der Waals surface area (Å²) in [6.07, 6.45) is 101. The minimum absolute atomic E-state index is 0.121. The topological polar surface area (TPSA) is 78.9 Å². The van der Waals surface area contributed by atoms with Crippen molar-refractivity contribution in [3.8, 4) is 0 Å². The van der Waals surface area contributed by atoms with Crippen molar-refractivity contribution < 1.29 is 28.6 Å². The lowest BCUT2D eigenvalue weighted by Gasteiger charge is -2.18. The number of hydrogen-bond donors (Lipinski definition) is 0. The molecular weight excluding hydrogens is 997 g/mol. The van der Waals surface area contributed by atoms with Gasteiger partial charge >= 0.3 is 17.9 Å². The van der Waals surface area contributed by atoms with E-state index in [-0.39, 0.29) is 37.5 Å². The number of carbonyl (C=O) groups is 3. The van der Waals surface area contributed by atoms with E-state index in [1.54, 1.807) is 0 Å². The maximum atomic E-state index is 12.9. The van der Waals surface area contributed by atoms with Gasteiger partial charge in [-0.3, -0.25) is 14.4 Å². The highest BCUT2D eigenvalue weighted by Gasteiger charge is 2.19. The van der Waals surface area contributed by atoms with Gasteiger partial charge in [0.05, 0.1) is 0 Å². The molecule has 0 rings (SSSR count). The van der Waals surface area contributed by atoms with Crippen LogP contribution in [0.15, 0.2) is 194 Å². The lowest BCUT2D eigenvalue weighted by molar-refractivity contribution is -0.167. The van der Waals surface area contributed by atoms with Crippen LogP contribution in [0.2, 0.25) is 0 Å². The van der Waals surface area contributed by atoms with Crippen molar-refractivity contribution in [2.24, 2.45) is 0 Å². The molecule has 0 spiro atoms. The molecule has 6 heteroatoms. The van der Waals surface area contributed by atoms with Crippen LogP contribution >= 0.6 is 0 Å². The van der Waals surface area contributed by atoms with Crippen molar-refractivity contribution >= 4 is 17.9 Å².